The summed E-state index contributed by atoms with van der Waals surface area (Å²) < 4.78 is 0. The van der Waals surface area contributed by atoms with Crippen LogP contribution in [-0.2, 0) is 11.2 Å². The molecule has 0 fully saturated rings. The Balaban J connectivity index is 1.66. The number of rotatable bonds is 7. The molecule has 30 heavy (non-hydrogen) atoms. The summed E-state index contributed by atoms with van der Waals surface area (Å²) in [4.78, 5) is 25.3. The zero-order chi connectivity index (χ0) is 21.5. The van der Waals surface area contributed by atoms with Crippen LogP contribution in [0.4, 0.5) is 5.69 Å². The highest BCUT2D eigenvalue weighted by atomic mass is 35.5. The van der Waals surface area contributed by atoms with E-state index in [0.717, 1.165) is 11.1 Å². The van der Waals surface area contributed by atoms with Crippen LogP contribution in [-0.4, -0.2) is 11.8 Å². The van der Waals surface area contributed by atoms with Crippen LogP contribution in [0.3, 0.4) is 0 Å². The van der Waals surface area contributed by atoms with Gasteiger partial charge in [0.2, 0.25) is 5.91 Å². The second kappa shape index (κ2) is 10.3. The van der Waals surface area contributed by atoms with E-state index in [9.17, 15) is 9.59 Å². The number of anilines is 1. The molecule has 4 nitrogen and oxygen atoms in total. The Morgan fingerprint density at radius 1 is 0.867 bits per heavy atom. The highest BCUT2D eigenvalue weighted by Gasteiger charge is 2.16. The summed E-state index contributed by atoms with van der Waals surface area (Å²) in [5, 5.41) is 6.87. The topological polar surface area (TPSA) is 58.2 Å². The van der Waals surface area contributed by atoms with Crippen molar-refractivity contribution in [3.8, 4) is 0 Å². The van der Waals surface area contributed by atoms with E-state index < -0.39 is 0 Å². The number of hydrogen-bond donors (Lipinski definition) is 2. The molecule has 0 radical (unpaired) electrons. The quantitative estimate of drug-likeness (QED) is 0.469. The lowest BCUT2D eigenvalue weighted by atomic mass is 10.1. The molecule has 0 saturated carbocycles. The lowest BCUT2D eigenvalue weighted by molar-refractivity contribution is -0.116. The smallest absolute Gasteiger partial charge is 0.253 e. The summed E-state index contributed by atoms with van der Waals surface area (Å²) in [5.74, 6) is -0.473. The van der Waals surface area contributed by atoms with Gasteiger partial charge in [-0.15, -0.1) is 0 Å². The number of carbonyl (C=O) groups is 2. The Labute approximate surface area is 186 Å². The number of hydrogen-bond acceptors (Lipinski definition) is 2. The molecule has 2 N–H and O–H groups in total. The standard InChI is InChI=1S/C24H22Cl2N2O2/c1-16(17-8-3-2-4-9-17)27-24(30)19-10-5-6-13-22(19)28-23(29)15-14-18-20(25)11-7-12-21(18)26/h2-13,16H,14-15H2,1H3,(H,27,30)(H,28,29)/t16-/m1/s1. The van der Waals surface area contributed by atoms with Crippen LogP contribution in [0, 0.1) is 0 Å². The highest BCUT2D eigenvalue weighted by molar-refractivity contribution is 6.36. The van der Waals surface area contributed by atoms with Crippen molar-refractivity contribution in [1.29, 1.82) is 0 Å². The van der Waals surface area contributed by atoms with E-state index in [0.29, 0.717) is 27.7 Å². The third-order valence-corrected chi connectivity index (χ3v) is 5.46. The second-order valence-corrected chi connectivity index (χ2v) is 7.71. The first-order valence-electron chi connectivity index (χ1n) is 9.63. The average molecular weight is 441 g/mol. The molecule has 3 aromatic rings. The molecule has 2 amide bonds. The van der Waals surface area contributed by atoms with Gasteiger partial charge in [-0.25, -0.2) is 0 Å². The minimum atomic E-state index is -0.253. The maximum absolute atomic E-state index is 12.8. The highest BCUT2D eigenvalue weighted by Crippen LogP contribution is 2.26. The van der Waals surface area contributed by atoms with Gasteiger partial charge in [0.15, 0.2) is 0 Å². The van der Waals surface area contributed by atoms with E-state index in [4.69, 9.17) is 23.2 Å². The van der Waals surface area contributed by atoms with Crippen LogP contribution in [0.15, 0.2) is 72.8 Å². The Morgan fingerprint density at radius 3 is 2.20 bits per heavy atom. The summed E-state index contributed by atoms with van der Waals surface area (Å²) in [6.45, 7) is 1.92. The summed E-state index contributed by atoms with van der Waals surface area (Å²) in [5.41, 5.74) is 2.61. The van der Waals surface area contributed by atoms with E-state index in [1.165, 1.54) is 0 Å². The first-order chi connectivity index (χ1) is 14.5. The molecule has 0 aliphatic rings. The normalized spacial score (nSPS) is 11.6. The zero-order valence-corrected chi connectivity index (χ0v) is 18.0. The zero-order valence-electron chi connectivity index (χ0n) is 16.5. The predicted molar refractivity (Wildman–Crippen MR) is 122 cm³/mol. The number of carbonyl (C=O) groups excluding carboxylic acids is 2. The molecule has 1 atom stereocenters. The average Bonchev–Trinajstić information content (AvgIpc) is 2.74. The number of amides is 2. The minimum Gasteiger partial charge on any atom is -0.345 e. The predicted octanol–water partition coefficient (Wildman–Crippen LogP) is 6.06. The molecule has 0 unspecified atom stereocenters. The van der Waals surface area contributed by atoms with Gasteiger partial charge in [-0.1, -0.05) is 71.7 Å². The molecular weight excluding hydrogens is 419 g/mol. The lowest BCUT2D eigenvalue weighted by Gasteiger charge is -2.16. The minimum absolute atomic E-state index is 0.162. The van der Waals surface area contributed by atoms with Gasteiger partial charge in [0.05, 0.1) is 17.3 Å². The van der Waals surface area contributed by atoms with Gasteiger partial charge in [0.1, 0.15) is 0 Å². The molecule has 3 rings (SSSR count). The van der Waals surface area contributed by atoms with Crippen molar-refractivity contribution >= 4 is 40.7 Å². The van der Waals surface area contributed by atoms with Crippen molar-refractivity contribution in [2.75, 3.05) is 5.32 Å². The van der Waals surface area contributed by atoms with Gasteiger partial charge >= 0.3 is 0 Å². The van der Waals surface area contributed by atoms with E-state index in [1.54, 1.807) is 42.5 Å². The molecule has 6 heteroatoms. The van der Waals surface area contributed by atoms with E-state index in [2.05, 4.69) is 10.6 Å². The monoisotopic (exact) mass is 440 g/mol. The van der Waals surface area contributed by atoms with E-state index in [1.807, 2.05) is 37.3 Å². The first-order valence-corrected chi connectivity index (χ1v) is 10.4. The summed E-state index contributed by atoms with van der Waals surface area (Å²) in [6.07, 6.45) is 0.601. The molecule has 0 heterocycles. The molecule has 0 aliphatic heterocycles. The van der Waals surface area contributed by atoms with Gasteiger partial charge in [-0.05, 0) is 48.7 Å². The molecule has 0 aliphatic carbocycles. The summed E-state index contributed by atoms with van der Waals surface area (Å²) in [6, 6.07) is 21.7. The van der Waals surface area contributed by atoms with E-state index in [-0.39, 0.29) is 24.3 Å². The van der Waals surface area contributed by atoms with Gasteiger partial charge in [-0.2, -0.15) is 0 Å². The Hall–Kier alpha value is -2.82. The maximum Gasteiger partial charge on any atom is 0.253 e. The van der Waals surface area contributed by atoms with Crippen molar-refractivity contribution in [1.82, 2.24) is 5.32 Å². The van der Waals surface area contributed by atoms with Crippen molar-refractivity contribution < 1.29 is 9.59 Å². The van der Waals surface area contributed by atoms with Gasteiger partial charge in [0, 0.05) is 16.5 Å². The Kier molecular flexibility index (Phi) is 7.50. The van der Waals surface area contributed by atoms with Gasteiger partial charge in [0.25, 0.3) is 5.91 Å². The van der Waals surface area contributed by atoms with Crippen molar-refractivity contribution in [2.24, 2.45) is 0 Å². The first kappa shape index (κ1) is 21.9. The molecule has 0 spiro atoms. The SMILES string of the molecule is C[C@@H](NC(=O)c1ccccc1NC(=O)CCc1c(Cl)cccc1Cl)c1ccccc1. The lowest BCUT2D eigenvalue weighted by Crippen LogP contribution is -2.28. The van der Waals surface area contributed by atoms with Crippen LogP contribution in [0.25, 0.3) is 0 Å². The van der Waals surface area contributed by atoms with Crippen molar-refractivity contribution in [3.63, 3.8) is 0 Å². The largest absolute Gasteiger partial charge is 0.345 e. The van der Waals surface area contributed by atoms with Crippen LogP contribution in [0.1, 0.15) is 40.9 Å². The maximum atomic E-state index is 12.8. The number of nitrogens with one attached hydrogen (secondary N) is 2. The molecule has 3 aromatic carbocycles. The van der Waals surface area contributed by atoms with Crippen LogP contribution in [0.2, 0.25) is 10.0 Å². The fourth-order valence-corrected chi connectivity index (χ4v) is 3.70. The van der Waals surface area contributed by atoms with Gasteiger partial charge < -0.3 is 10.6 Å². The molecule has 0 bridgehead atoms. The van der Waals surface area contributed by atoms with Crippen LogP contribution in [0.5, 0.6) is 0 Å². The van der Waals surface area contributed by atoms with E-state index >= 15 is 0 Å². The summed E-state index contributed by atoms with van der Waals surface area (Å²) >= 11 is 12.3. The van der Waals surface area contributed by atoms with Crippen molar-refractivity contribution in [2.45, 2.75) is 25.8 Å². The fraction of sp³-hybridized carbons (Fsp3) is 0.167. The molecular formula is C24H22Cl2N2O2. The van der Waals surface area contributed by atoms with Crippen LogP contribution < -0.4 is 10.6 Å². The number of halogens is 2. The Morgan fingerprint density at radius 2 is 1.50 bits per heavy atom. The number of para-hydroxylation sites is 1. The van der Waals surface area contributed by atoms with Gasteiger partial charge in [-0.3, -0.25) is 9.59 Å². The Bertz CT molecular complexity index is 1020. The molecule has 0 aromatic heterocycles. The number of benzene rings is 3. The molecule has 0 saturated heterocycles. The fourth-order valence-electron chi connectivity index (χ4n) is 3.11. The second-order valence-electron chi connectivity index (χ2n) is 6.90. The third kappa shape index (κ3) is 5.62. The molecule has 154 valence electrons. The summed E-state index contributed by atoms with van der Waals surface area (Å²) in [7, 11) is 0. The van der Waals surface area contributed by atoms with Crippen LogP contribution >= 0.6 is 23.2 Å². The van der Waals surface area contributed by atoms with Crippen molar-refractivity contribution in [3.05, 3.63) is 99.5 Å². The third-order valence-electron chi connectivity index (χ3n) is 4.76.